The molecule has 0 radical (unpaired) electrons. The predicted molar refractivity (Wildman–Crippen MR) is 91.9 cm³/mol. The van der Waals surface area contributed by atoms with Crippen molar-refractivity contribution >= 4 is 5.96 Å². The van der Waals surface area contributed by atoms with Gasteiger partial charge < -0.3 is 20.1 Å². The third-order valence-corrected chi connectivity index (χ3v) is 2.87. The molecule has 0 heterocycles. The molecule has 0 spiro atoms. The van der Waals surface area contributed by atoms with Crippen molar-refractivity contribution in [1.82, 2.24) is 10.6 Å². The lowest BCUT2D eigenvalue weighted by Crippen LogP contribution is -2.39. The van der Waals surface area contributed by atoms with Gasteiger partial charge in [-0.1, -0.05) is 12.2 Å². The van der Waals surface area contributed by atoms with Gasteiger partial charge in [0.15, 0.2) is 5.96 Å². The van der Waals surface area contributed by atoms with E-state index in [1.54, 1.807) is 7.11 Å². The second-order valence-electron chi connectivity index (χ2n) is 4.57. The molecule has 0 aliphatic rings. The van der Waals surface area contributed by atoms with E-state index < -0.39 is 0 Å². The zero-order valence-electron chi connectivity index (χ0n) is 13.8. The molecule has 5 nitrogen and oxygen atoms in total. The van der Waals surface area contributed by atoms with Crippen LogP contribution in [0.1, 0.15) is 20.3 Å². The van der Waals surface area contributed by atoms with Gasteiger partial charge in [-0.3, -0.25) is 4.99 Å². The highest BCUT2D eigenvalue weighted by Gasteiger charge is 1.98. The summed E-state index contributed by atoms with van der Waals surface area (Å²) in [6, 6.07) is 7.56. The summed E-state index contributed by atoms with van der Waals surface area (Å²) in [7, 11) is 1.65. The molecule has 1 aromatic rings. The van der Waals surface area contributed by atoms with Crippen LogP contribution in [-0.4, -0.2) is 39.3 Å². The van der Waals surface area contributed by atoms with Crippen molar-refractivity contribution in [3.63, 3.8) is 0 Å². The molecule has 0 saturated heterocycles. The molecule has 0 amide bonds. The molecule has 22 heavy (non-hydrogen) atoms. The normalized spacial score (nSPS) is 11.5. The molecule has 2 N–H and O–H groups in total. The molecule has 1 rings (SSSR count). The van der Waals surface area contributed by atoms with Gasteiger partial charge in [-0.15, -0.1) is 0 Å². The Morgan fingerprint density at radius 2 is 1.91 bits per heavy atom. The number of benzene rings is 1. The number of aliphatic imine (C=N–C) groups is 1. The molecule has 0 unspecified atom stereocenters. The van der Waals surface area contributed by atoms with Crippen LogP contribution >= 0.6 is 0 Å². The van der Waals surface area contributed by atoms with E-state index in [4.69, 9.17) is 9.47 Å². The Bertz CT molecular complexity index is 455. The fraction of sp³-hybridized carbons (Fsp3) is 0.471. The smallest absolute Gasteiger partial charge is 0.191 e. The first kappa shape index (κ1) is 17.9. The van der Waals surface area contributed by atoms with Crippen LogP contribution in [-0.2, 0) is 0 Å². The fourth-order valence-electron chi connectivity index (χ4n) is 1.77. The summed E-state index contributed by atoms with van der Waals surface area (Å²) >= 11 is 0. The zero-order valence-corrected chi connectivity index (χ0v) is 13.8. The Hall–Kier alpha value is -2.17. The van der Waals surface area contributed by atoms with Crippen molar-refractivity contribution in [1.29, 1.82) is 0 Å². The Balaban J connectivity index is 2.29. The summed E-state index contributed by atoms with van der Waals surface area (Å²) in [5.74, 6) is 2.48. The van der Waals surface area contributed by atoms with E-state index in [1.165, 1.54) is 0 Å². The Labute approximate surface area is 133 Å². The van der Waals surface area contributed by atoms with Gasteiger partial charge >= 0.3 is 0 Å². The minimum atomic E-state index is 0.575. The second-order valence-corrected chi connectivity index (χ2v) is 4.57. The van der Waals surface area contributed by atoms with Crippen molar-refractivity contribution in [2.45, 2.75) is 20.3 Å². The molecule has 5 heteroatoms. The summed E-state index contributed by atoms with van der Waals surface area (Å²) < 4.78 is 10.8. The van der Waals surface area contributed by atoms with Crippen molar-refractivity contribution in [3.05, 3.63) is 36.4 Å². The van der Waals surface area contributed by atoms with E-state index in [0.717, 1.165) is 37.0 Å². The molecule has 0 aromatic heterocycles. The van der Waals surface area contributed by atoms with Crippen molar-refractivity contribution < 1.29 is 9.47 Å². The number of ether oxygens (including phenoxy) is 2. The summed E-state index contributed by atoms with van der Waals surface area (Å²) in [6.07, 6.45) is 5.11. The van der Waals surface area contributed by atoms with Gasteiger partial charge in [0.25, 0.3) is 0 Å². The van der Waals surface area contributed by atoms with Crippen LogP contribution in [0.4, 0.5) is 0 Å². The average Bonchev–Trinajstić information content (AvgIpc) is 2.56. The summed E-state index contributed by atoms with van der Waals surface area (Å²) in [4.78, 5) is 4.49. The number of hydrogen-bond donors (Lipinski definition) is 2. The molecule has 0 fully saturated rings. The van der Waals surface area contributed by atoms with Crippen LogP contribution in [0, 0.1) is 0 Å². The topological polar surface area (TPSA) is 54.9 Å². The van der Waals surface area contributed by atoms with Gasteiger partial charge in [0.1, 0.15) is 18.1 Å². The highest BCUT2D eigenvalue weighted by Crippen LogP contribution is 2.16. The van der Waals surface area contributed by atoms with Crippen LogP contribution in [0.5, 0.6) is 11.5 Å². The Morgan fingerprint density at radius 1 is 1.18 bits per heavy atom. The SMILES string of the molecule is C/C=C/CCN=C(NCC)NCCOc1ccc(OC)cc1. The van der Waals surface area contributed by atoms with Crippen LogP contribution in [0.15, 0.2) is 41.4 Å². The molecule has 0 atom stereocenters. The van der Waals surface area contributed by atoms with Crippen LogP contribution in [0.25, 0.3) is 0 Å². The molecule has 0 saturated carbocycles. The van der Waals surface area contributed by atoms with E-state index in [2.05, 4.69) is 28.6 Å². The number of nitrogens with zero attached hydrogens (tertiary/aromatic N) is 1. The van der Waals surface area contributed by atoms with E-state index in [1.807, 2.05) is 37.3 Å². The van der Waals surface area contributed by atoms with E-state index >= 15 is 0 Å². The van der Waals surface area contributed by atoms with Gasteiger partial charge in [0.05, 0.1) is 13.7 Å². The molecule has 122 valence electrons. The predicted octanol–water partition coefficient (Wildman–Crippen LogP) is 2.60. The number of nitrogens with one attached hydrogen (secondary N) is 2. The zero-order chi connectivity index (χ0) is 16.0. The molecule has 0 bridgehead atoms. The molecule has 0 aliphatic carbocycles. The van der Waals surface area contributed by atoms with Crippen LogP contribution in [0.2, 0.25) is 0 Å². The van der Waals surface area contributed by atoms with Crippen molar-refractivity contribution in [3.8, 4) is 11.5 Å². The second kappa shape index (κ2) is 11.5. The highest BCUT2D eigenvalue weighted by atomic mass is 16.5. The molecular weight excluding hydrogens is 278 g/mol. The van der Waals surface area contributed by atoms with Crippen molar-refractivity contribution in [2.24, 2.45) is 4.99 Å². The number of methoxy groups -OCH3 is 1. The third-order valence-electron chi connectivity index (χ3n) is 2.87. The van der Waals surface area contributed by atoms with Gasteiger partial charge in [-0.25, -0.2) is 0 Å². The number of guanidine groups is 1. The van der Waals surface area contributed by atoms with Gasteiger partial charge in [0, 0.05) is 13.1 Å². The number of rotatable bonds is 9. The average molecular weight is 305 g/mol. The fourth-order valence-corrected chi connectivity index (χ4v) is 1.77. The number of allylic oxidation sites excluding steroid dienone is 1. The highest BCUT2D eigenvalue weighted by molar-refractivity contribution is 5.79. The minimum absolute atomic E-state index is 0.575. The van der Waals surface area contributed by atoms with E-state index in [-0.39, 0.29) is 0 Å². The first-order chi connectivity index (χ1) is 10.8. The summed E-state index contributed by atoms with van der Waals surface area (Å²) in [5, 5.41) is 6.47. The first-order valence-electron chi connectivity index (χ1n) is 7.70. The van der Waals surface area contributed by atoms with Gasteiger partial charge in [-0.05, 0) is 44.5 Å². The summed E-state index contributed by atoms with van der Waals surface area (Å²) in [6.45, 7) is 6.96. The molecular formula is C17H27N3O2. The first-order valence-corrected chi connectivity index (χ1v) is 7.70. The quantitative estimate of drug-likeness (QED) is 0.319. The lowest BCUT2D eigenvalue weighted by Gasteiger charge is -2.12. The Kier molecular flexibility index (Phi) is 9.33. The van der Waals surface area contributed by atoms with Crippen LogP contribution in [0.3, 0.4) is 0 Å². The maximum atomic E-state index is 5.67. The van der Waals surface area contributed by atoms with E-state index in [9.17, 15) is 0 Å². The van der Waals surface area contributed by atoms with Gasteiger partial charge in [-0.2, -0.15) is 0 Å². The standard InChI is InChI=1S/C17H27N3O2/c1-4-6-7-12-19-17(18-5-2)20-13-14-22-16-10-8-15(21-3)9-11-16/h4,6,8-11H,5,7,12-14H2,1-3H3,(H2,18,19,20)/b6-4+. The maximum Gasteiger partial charge on any atom is 0.191 e. The monoisotopic (exact) mass is 305 g/mol. The third kappa shape index (κ3) is 7.57. The van der Waals surface area contributed by atoms with Crippen LogP contribution < -0.4 is 20.1 Å². The lowest BCUT2D eigenvalue weighted by atomic mass is 10.3. The maximum absolute atomic E-state index is 5.67. The van der Waals surface area contributed by atoms with Crippen molar-refractivity contribution in [2.75, 3.05) is 33.4 Å². The molecule has 0 aliphatic heterocycles. The lowest BCUT2D eigenvalue weighted by molar-refractivity contribution is 0.321. The summed E-state index contributed by atoms with van der Waals surface area (Å²) in [5.41, 5.74) is 0. The largest absolute Gasteiger partial charge is 0.497 e. The minimum Gasteiger partial charge on any atom is -0.497 e. The van der Waals surface area contributed by atoms with E-state index in [0.29, 0.717) is 13.2 Å². The molecule has 1 aromatic carbocycles. The Morgan fingerprint density at radius 3 is 2.55 bits per heavy atom. The van der Waals surface area contributed by atoms with Gasteiger partial charge in [0.2, 0.25) is 0 Å². The number of hydrogen-bond acceptors (Lipinski definition) is 3.